The van der Waals surface area contributed by atoms with Gasteiger partial charge in [0.25, 0.3) is 0 Å². The second-order valence-corrected chi connectivity index (χ2v) is 8.85. The van der Waals surface area contributed by atoms with Crippen molar-refractivity contribution < 1.29 is 17.9 Å². The van der Waals surface area contributed by atoms with Crippen molar-refractivity contribution in [3.8, 4) is 5.75 Å². The highest BCUT2D eigenvalue weighted by atomic mass is 32.2. The number of aromatic nitrogens is 2. The predicted molar refractivity (Wildman–Crippen MR) is 94.5 cm³/mol. The van der Waals surface area contributed by atoms with Gasteiger partial charge in [0, 0.05) is 30.9 Å². The predicted octanol–water partition coefficient (Wildman–Crippen LogP) is 1.03. The second kappa shape index (κ2) is 6.31. The molecule has 0 unspecified atom stereocenters. The molecule has 2 amide bonds. The minimum atomic E-state index is -3.20. The van der Waals surface area contributed by atoms with Crippen molar-refractivity contribution in [3.63, 3.8) is 0 Å². The van der Waals surface area contributed by atoms with Crippen molar-refractivity contribution in [2.45, 2.75) is 12.1 Å². The van der Waals surface area contributed by atoms with Gasteiger partial charge >= 0.3 is 6.03 Å². The zero-order chi connectivity index (χ0) is 18.3. The van der Waals surface area contributed by atoms with E-state index in [2.05, 4.69) is 10.4 Å². The van der Waals surface area contributed by atoms with Crippen LogP contribution in [0.4, 0.5) is 4.79 Å². The lowest BCUT2D eigenvalue weighted by Gasteiger charge is -2.35. The number of hydrogen-bond acceptors (Lipinski definition) is 5. The lowest BCUT2D eigenvalue weighted by molar-refractivity contribution is 0.174. The Hall–Kier alpha value is -2.55. The molecule has 9 heteroatoms. The van der Waals surface area contributed by atoms with Crippen LogP contribution in [0.3, 0.4) is 0 Å². The van der Waals surface area contributed by atoms with E-state index < -0.39 is 15.9 Å². The Balaban J connectivity index is 1.56. The van der Waals surface area contributed by atoms with Crippen LogP contribution in [-0.2, 0) is 16.9 Å². The molecule has 0 radical (unpaired) electrons. The van der Waals surface area contributed by atoms with E-state index in [1.54, 1.807) is 29.0 Å². The number of nitrogens with one attached hydrogen (secondary N) is 1. The largest absolute Gasteiger partial charge is 0.491 e. The SMILES string of the molecule is Cn1cc([C@@H]2CS(=O)(=O)CCN2C(=O)N[C@H]2COc3ccccc32)cn1. The zero-order valence-electron chi connectivity index (χ0n) is 14.3. The smallest absolute Gasteiger partial charge is 0.318 e. The van der Waals surface area contributed by atoms with E-state index in [9.17, 15) is 13.2 Å². The Kier molecular flexibility index (Phi) is 4.10. The summed E-state index contributed by atoms with van der Waals surface area (Å²) in [5.74, 6) is 0.640. The first-order valence-electron chi connectivity index (χ1n) is 8.41. The summed E-state index contributed by atoms with van der Waals surface area (Å²) in [5.41, 5.74) is 1.65. The Labute approximate surface area is 151 Å². The van der Waals surface area contributed by atoms with Gasteiger partial charge in [-0.15, -0.1) is 0 Å². The number of ether oxygens (including phenoxy) is 1. The molecule has 1 aromatic heterocycles. The molecule has 8 nitrogen and oxygen atoms in total. The van der Waals surface area contributed by atoms with Crippen LogP contribution in [-0.4, -0.2) is 53.8 Å². The summed E-state index contributed by atoms with van der Waals surface area (Å²) < 4.78 is 31.4. The number of carbonyl (C=O) groups excluding carboxylic acids is 1. The molecule has 3 heterocycles. The van der Waals surface area contributed by atoms with Gasteiger partial charge in [-0.25, -0.2) is 13.2 Å². The van der Waals surface area contributed by atoms with Gasteiger partial charge in [-0.2, -0.15) is 5.10 Å². The van der Waals surface area contributed by atoms with E-state index in [4.69, 9.17) is 4.74 Å². The number of rotatable bonds is 2. The molecule has 2 aromatic rings. The van der Waals surface area contributed by atoms with Gasteiger partial charge in [0.05, 0.1) is 29.8 Å². The third-order valence-electron chi connectivity index (χ3n) is 4.80. The quantitative estimate of drug-likeness (QED) is 0.845. The molecule has 1 aromatic carbocycles. The van der Waals surface area contributed by atoms with E-state index in [1.165, 1.54) is 0 Å². The number of hydrogen-bond donors (Lipinski definition) is 1. The normalized spacial score (nSPS) is 24.0. The molecule has 4 rings (SSSR count). The van der Waals surface area contributed by atoms with E-state index in [1.807, 2.05) is 24.3 Å². The molecule has 1 fully saturated rings. The highest BCUT2D eigenvalue weighted by Crippen LogP contribution is 2.33. The fourth-order valence-corrected chi connectivity index (χ4v) is 4.95. The molecule has 2 aliphatic rings. The Morgan fingerprint density at radius 2 is 2.15 bits per heavy atom. The second-order valence-electron chi connectivity index (χ2n) is 6.62. The first kappa shape index (κ1) is 16.9. The number of aryl methyl sites for hydroxylation is 1. The molecular weight excluding hydrogens is 356 g/mol. The van der Waals surface area contributed by atoms with Gasteiger partial charge in [0.1, 0.15) is 12.4 Å². The van der Waals surface area contributed by atoms with Gasteiger partial charge in [0.15, 0.2) is 9.84 Å². The van der Waals surface area contributed by atoms with E-state index in [-0.39, 0.29) is 30.1 Å². The molecule has 0 spiro atoms. The Morgan fingerprint density at radius 3 is 2.92 bits per heavy atom. The van der Waals surface area contributed by atoms with Gasteiger partial charge in [-0.3, -0.25) is 4.68 Å². The third kappa shape index (κ3) is 3.14. The topological polar surface area (TPSA) is 93.5 Å². The minimum Gasteiger partial charge on any atom is -0.491 e. The number of sulfone groups is 1. The number of amides is 2. The molecule has 0 aliphatic carbocycles. The fourth-order valence-electron chi connectivity index (χ4n) is 3.45. The molecule has 1 N–H and O–H groups in total. The number of carbonyl (C=O) groups is 1. The average Bonchev–Trinajstić information content (AvgIpc) is 3.21. The highest BCUT2D eigenvalue weighted by molar-refractivity contribution is 7.91. The van der Waals surface area contributed by atoms with Gasteiger partial charge in [0.2, 0.25) is 0 Å². The van der Waals surface area contributed by atoms with Crippen LogP contribution in [0.25, 0.3) is 0 Å². The van der Waals surface area contributed by atoms with E-state index in [0.29, 0.717) is 12.2 Å². The molecular formula is C17H20N4O4S. The lowest BCUT2D eigenvalue weighted by Crippen LogP contribution is -2.50. The molecule has 1 saturated heterocycles. The Morgan fingerprint density at radius 1 is 1.35 bits per heavy atom. The summed E-state index contributed by atoms with van der Waals surface area (Å²) in [6, 6.07) is 6.50. The summed E-state index contributed by atoms with van der Waals surface area (Å²) in [6.07, 6.45) is 3.36. The van der Waals surface area contributed by atoms with Gasteiger partial charge in [-0.05, 0) is 6.07 Å². The average molecular weight is 376 g/mol. The van der Waals surface area contributed by atoms with Crippen LogP contribution in [0.1, 0.15) is 23.2 Å². The number of benzene rings is 1. The molecule has 138 valence electrons. The molecule has 0 saturated carbocycles. The van der Waals surface area contributed by atoms with Crippen molar-refractivity contribution in [3.05, 3.63) is 47.8 Å². The van der Waals surface area contributed by atoms with Crippen molar-refractivity contribution >= 4 is 15.9 Å². The summed E-state index contributed by atoms with van der Waals surface area (Å²) >= 11 is 0. The third-order valence-corrected chi connectivity index (χ3v) is 6.43. The van der Waals surface area contributed by atoms with Gasteiger partial charge in [-0.1, -0.05) is 18.2 Å². The summed E-state index contributed by atoms with van der Waals surface area (Å²) in [7, 11) is -1.43. The molecule has 2 aliphatic heterocycles. The van der Waals surface area contributed by atoms with Crippen LogP contribution in [0.2, 0.25) is 0 Å². The van der Waals surface area contributed by atoms with E-state index in [0.717, 1.165) is 11.3 Å². The maximum Gasteiger partial charge on any atom is 0.318 e. The van der Waals surface area contributed by atoms with Crippen molar-refractivity contribution in [1.29, 1.82) is 0 Å². The maximum atomic E-state index is 12.9. The maximum absolute atomic E-state index is 12.9. The van der Waals surface area contributed by atoms with Gasteiger partial charge < -0.3 is 15.0 Å². The number of nitrogens with zero attached hydrogens (tertiary/aromatic N) is 3. The van der Waals surface area contributed by atoms with E-state index >= 15 is 0 Å². The molecule has 2 atom stereocenters. The summed E-state index contributed by atoms with van der Waals surface area (Å²) in [6.45, 7) is 0.526. The zero-order valence-corrected chi connectivity index (χ0v) is 15.1. The molecule has 26 heavy (non-hydrogen) atoms. The summed E-state index contributed by atoms with van der Waals surface area (Å²) in [4.78, 5) is 14.5. The summed E-state index contributed by atoms with van der Waals surface area (Å²) in [5, 5.41) is 7.09. The minimum absolute atomic E-state index is 0.0328. The number of para-hydroxylation sites is 1. The van der Waals surface area contributed by atoms with Crippen LogP contribution in [0.15, 0.2) is 36.7 Å². The lowest BCUT2D eigenvalue weighted by atomic mass is 10.1. The number of urea groups is 1. The Bertz CT molecular complexity index is 940. The van der Waals surface area contributed by atoms with Crippen LogP contribution < -0.4 is 10.1 Å². The van der Waals surface area contributed by atoms with Crippen LogP contribution in [0, 0.1) is 0 Å². The first-order valence-corrected chi connectivity index (χ1v) is 10.2. The monoisotopic (exact) mass is 376 g/mol. The highest BCUT2D eigenvalue weighted by Gasteiger charge is 2.37. The fraction of sp³-hybridized carbons (Fsp3) is 0.412. The van der Waals surface area contributed by atoms with Crippen LogP contribution in [0.5, 0.6) is 5.75 Å². The van der Waals surface area contributed by atoms with Crippen molar-refractivity contribution in [2.75, 3.05) is 24.7 Å². The standard InChI is InChI=1S/C17H20N4O4S/c1-20-9-12(8-18-20)15-11-26(23,24)7-6-21(15)17(22)19-14-10-25-16-5-3-2-4-13(14)16/h2-5,8-9,14-15H,6-7,10-11H2,1H3,(H,19,22)/t14-,15-/m0/s1. The number of fused-ring (bicyclic) bond motifs is 1. The molecule has 0 bridgehead atoms. The van der Waals surface area contributed by atoms with Crippen molar-refractivity contribution in [1.82, 2.24) is 20.0 Å². The first-order chi connectivity index (χ1) is 12.4. The van der Waals surface area contributed by atoms with Crippen LogP contribution >= 0.6 is 0 Å². The van der Waals surface area contributed by atoms with Crippen molar-refractivity contribution in [2.24, 2.45) is 7.05 Å².